The van der Waals surface area contributed by atoms with Crippen LogP contribution in [-0.2, 0) is 0 Å². The second-order valence-electron chi connectivity index (χ2n) is 15.0. The average Bonchev–Trinajstić information content (AvgIpc) is 3.37. The van der Waals surface area contributed by atoms with Gasteiger partial charge < -0.3 is 0 Å². The Morgan fingerprint density at radius 2 is 0.677 bits per heavy atom. The largest absolute Gasteiger partial charge is 0.225 e. The third-order valence-corrected chi connectivity index (χ3v) is 10.9. The van der Waals surface area contributed by atoms with E-state index < -0.39 is 0 Å². The van der Waals surface area contributed by atoms with E-state index in [4.69, 9.17) is 34.9 Å². The number of nitrogens with zero attached hydrogens (tertiary/aromatic N) is 7. The summed E-state index contributed by atoms with van der Waals surface area (Å²) in [7, 11) is 0. The molecule has 0 N–H and O–H groups in total. The Kier molecular flexibility index (Phi) is 9.37. The van der Waals surface area contributed by atoms with E-state index in [1.54, 1.807) is 0 Å². The van der Waals surface area contributed by atoms with Crippen molar-refractivity contribution in [3.63, 3.8) is 0 Å². The van der Waals surface area contributed by atoms with Crippen LogP contribution in [0.1, 0.15) is 0 Å². The highest BCUT2D eigenvalue weighted by atomic mass is 15.0. The third kappa shape index (κ3) is 7.14. The summed E-state index contributed by atoms with van der Waals surface area (Å²) in [4.78, 5) is 35.7. The predicted octanol–water partition coefficient (Wildman–Crippen LogP) is 13.1. The van der Waals surface area contributed by atoms with E-state index in [0.717, 1.165) is 83.3 Å². The van der Waals surface area contributed by atoms with Gasteiger partial charge >= 0.3 is 0 Å². The van der Waals surface area contributed by atoms with E-state index in [0.29, 0.717) is 29.1 Å². The molecule has 3 aromatic heterocycles. The molecule has 0 atom stereocenters. The highest BCUT2D eigenvalue weighted by Gasteiger charge is 2.19. The van der Waals surface area contributed by atoms with Crippen molar-refractivity contribution in [1.29, 1.82) is 0 Å². The summed E-state index contributed by atoms with van der Waals surface area (Å²) in [5.74, 6) is 2.74. The van der Waals surface area contributed by atoms with Crippen LogP contribution in [0.15, 0.2) is 212 Å². The number of fused-ring (bicyclic) bond motifs is 3. The van der Waals surface area contributed by atoms with Crippen LogP contribution in [0.25, 0.3) is 112 Å². The summed E-state index contributed by atoms with van der Waals surface area (Å²) in [6, 6.07) is 71.9. The Balaban J connectivity index is 1.04. The van der Waals surface area contributed by atoms with E-state index in [1.165, 1.54) is 0 Å². The molecular weight excluding hydrogens is 759 g/mol. The van der Waals surface area contributed by atoms with Crippen molar-refractivity contribution < 1.29 is 0 Å². The first-order valence-electron chi connectivity index (χ1n) is 20.5. The topological polar surface area (TPSA) is 90.2 Å². The van der Waals surface area contributed by atoms with Crippen LogP contribution in [0, 0.1) is 0 Å². The fraction of sp³-hybridized carbons (Fsp3) is 0. The van der Waals surface area contributed by atoms with Gasteiger partial charge in [-0.2, -0.15) is 0 Å². The van der Waals surface area contributed by atoms with Crippen LogP contribution in [0.4, 0.5) is 0 Å². The minimum Gasteiger partial charge on any atom is -0.225 e. The molecule has 0 amide bonds. The van der Waals surface area contributed by atoms with Crippen molar-refractivity contribution in [2.75, 3.05) is 0 Å². The first-order valence-corrected chi connectivity index (χ1v) is 20.5. The molecule has 0 aliphatic carbocycles. The van der Waals surface area contributed by atoms with Gasteiger partial charge in [0.05, 0.1) is 22.6 Å². The standard InChI is InChI=1S/C55H35N7/c1-5-18-37(19-6-1)47-35-48(57-54(56-47)55-58-49(38-20-7-2-8-21-38)46-32-31-36-17-13-14-30-45(36)50(46)59-55)43-28-15-26-41(33-43)42-27-16-29-44(34-42)53-61-51(39-22-9-3-10-23-39)60-52(62-53)40-24-11-4-12-25-40/h1-35H. The first-order chi connectivity index (χ1) is 30.7. The first kappa shape index (κ1) is 36.5. The zero-order valence-electron chi connectivity index (χ0n) is 33.3. The average molecular weight is 794 g/mol. The minimum atomic E-state index is 0.444. The summed E-state index contributed by atoms with van der Waals surface area (Å²) in [5.41, 5.74) is 10.9. The van der Waals surface area contributed by atoms with Gasteiger partial charge in [0.1, 0.15) is 0 Å². The highest BCUT2D eigenvalue weighted by molar-refractivity contribution is 6.09. The van der Waals surface area contributed by atoms with Gasteiger partial charge in [0, 0.05) is 44.2 Å². The molecule has 62 heavy (non-hydrogen) atoms. The summed E-state index contributed by atoms with van der Waals surface area (Å²) in [6.07, 6.45) is 0. The van der Waals surface area contributed by atoms with E-state index in [9.17, 15) is 0 Å². The molecule has 290 valence electrons. The van der Waals surface area contributed by atoms with Crippen LogP contribution >= 0.6 is 0 Å². The summed E-state index contributed by atoms with van der Waals surface area (Å²) >= 11 is 0. The molecule has 0 saturated heterocycles. The molecule has 0 fully saturated rings. The second-order valence-corrected chi connectivity index (χ2v) is 15.0. The van der Waals surface area contributed by atoms with Crippen LogP contribution in [0.3, 0.4) is 0 Å². The van der Waals surface area contributed by atoms with Crippen LogP contribution in [0.5, 0.6) is 0 Å². The predicted molar refractivity (Wildman–Crippen MR) is 250 cm³/mol. The number of benzene rings is 8. The van der Waals surface area contributed by atoms with Gasteiger partial charge in [-0.25, -0.2) is 34.9 Å². The monoisotopic (exact) mass is 793 g/mol. The SMILES string of the molecule is c1ccc(-c2cc(-c3cccc(-c4cccc(-c5nc(-c6ccccc6)nc(-c6ccccc6)n5)c4)c3)nc(-c3nc(-c4ccccc4)c4ccc5ccccc5c4n3)n2)cc1. The van der Waals surface area contributed by atoms with Gasteiger partial charge in [0.25, 0.3) is 0 Å². The van der Waals surface area contributed by atoms with Gasteiger partial charge in [-0.1, -0.05) is 188 Å². The van der Waals surface area contributed by atoms with Crippen molar-refractivity contribution in [1.82, 2.24) is 34.9 Å². The summed E-state index contributed by atoms with van der Waals surface area (Å²) in [5, 5.41) is 3.12. The quantitative estimate of drug-likeness (QED) is 0.141. The number of hydrogen-bond donors (Lipinski definition) is 0. The lowest BCUT2D eigenvalue weighted by Gasteiger charge is -2.13. The molecule has 11 aromatic rings. The molecule has 7 heteroatoms. The van der Waals surface area contributed by atoms with Gasteiger partial charge in [-0.3, -0.25) is 0 Å². The Labute approximate surface area is 358 Å². The van der Waals surface area contributed by atoms with Gasteiger partial charge in [-0.05, 0) is 40.8 Å². The van der Waals surface area contributed by atoms with Crippen LogP contribution < -0.4 is 0 Å². The summed E-state index contributed by atoms with van der Waals surface area (Å²) < 4.78 is 0. The summed E-state index contributed by atoms with van der Waals surface area (Å²) in [6.45, 7) is 0. The van der Waals surface area contributed by atoms with Crippen LogP contribution in [-0.4, -0.2) is 34.9 Å². The fourth-order valence-electron chi connectivity index (χ4n) is 7.87. The molecule has 0 saturated carbocycles. The Bertz CT molecular complexity index is 3340. The number of aromatic nitrogens is 7. The van der Waals surface area contributed by atoms with Gasteiger partial charge in [0.2, 0.25) is 0 Å². The lowest BCUT2D eigenvalue weighted by Crippen LogP contribution is -2.02. The molecule has 7 nitrogen and oxygen atoms in total. The zero-order valence-corrected chi connectivity index (χ0v) is 33.3. The van der Waals surface area contributed by atoms with Crippen LogP contribution in [0.2, 0.25) is 0 Å². The lowest BCUT2D eigenvalue weighted by molar-refractivity contribution is 1.07. The minimum absolute atomic E-state index is 0.444. The molecule has 0 bridgehead atoms. The maximum absolute atomic E-state index is 5.23. The molecule has 11 rings (SSSR count). The Hall–Kier alpha value is -8.55. The Morgan fingerprint density at radius 3 is 1.31 bits per heavy atom. The number of rotatable bonds is 8. The molecule has 0 radical (unpaired) electrons. The van der Waals surface area contributed by atoms with E-state index >= 15 is 0 Å². The highest BCUT2D eigenvalue weighted by Crippen LogP contribution is 2.35. The molecule has 0 unspecified atom stereocenters. The maximum atomic E-state index is 5.23. The molecule has 3 heterocycles. The Morgan fingerprint density at radius 1 is 0.226 bits per heavy atom. The molecule has 0 spiro atoms. The third-order valence-electron chi connectivity index (χ3n) is 10.9. The molecule has 8 aromatic carbocycles. The van der Waals surface area contributed by atoms with Gasteiger partial charge in [-0.15, -0.1) is 0 Å². The zero-order chi connectivity index (χ0) is 41.2. The molecule has 0 aliphatic heterocycles. The van der Waals surface area contributed by atoms with Gasteiger partial charge in [0.15, 0.2) is 29.1 Å². The van der Waals surface area contributed by atoms with Crippen molar-refractivity contribution in [3.05, 3.63) is 212 Å². The van der Waals surface area contributed by atoms with Crippen molar-refractivity contribution in [2.45, 2.75) is 0 Å². The van der Waals surface area contributed by atoms with Crippen molar-refractivity contribution in [3.8, 4) is 90.7 Å². The lowest BCUT2D eigenvalue weighted by atomic mass is 9.99. The van der Waals surface area contributed by atoms with E-state index in [-0.39, 0.29) is 0 Å². The fourth-order valence-corrected chi connectivity index (χ4v) is 7.87. The van der Waals surface area contributed by atoms with E-state index in [2.05, 4.69) is 84.9 Å². The van der Waals surface area contributed by atoms with E-state index in [1.807, 2.05) is 127 Å². The van der Waals surface area contributed by atoms with Crippen molar-refractivity contribution >= 4 is 21.7 Å². The maximum Gasteiger partial charge on any atom is 0.198 e. The molecule has 0 aliphatic rings. The molecular formula is C55H35N7. The smallest absolute Gasteiger partial charge is 0.198 e. The number of hydrogen-bond acceptors (Lipinski definition) is 7. The van der Waals surface area contributed by atoms with Crippen molar-refractivity contribution in [2.24, 2.45) is 0 Å². The second kappa shape index (κ2) is 15.9. The normalized spacial score (nSPS) is 11.2.